The summed E-state index contributed by atoms with van der Waals surface area (Å²) in [6.45, 7) is -0.0993. The van der Waals surface area contributed by atoms with Crippen molar-refractivity contribution in [1.29, 1.82) is 0 Å². The highest BCUT2D eigenvalue weighted by Gasteiger charge is 2.36. The number of nitro groups is 1. The fourth-order valence-corrected chi connectivity index (χ4v) is 4.02. The molecule has 0 bridgehead atoms. The van der Waals surface area contributed by atoms with Gasteiger partial charge in [-0.3, -0.25) is 10.1 Å². The molecule has 0 heterocycles. The molecule has 0 aliphatic carbocycles. The van der Waals surface area contributed by atoms with Crippen LogP contribution in [0.2, 0.25) is 0 Å². The molecule has 2 rings (SSSR count). The van der Waals surface area contributed by atoms with Crippen LogP contribution in [-0.4, -0.2) is 45.2 Å². The second-order valence-corrected chi connectivity index (χ2v) is 8.71. The monoisotopic (exact) mass is 501 g/mol. The molecular formula is C18H17F6N3O5S. The van der Waals surface area contributed by atoms with E-state index in [1.54, 1.807) is 0 Å². The Balaban J connectivity index is 2.47. The number of sulfonamides is 1. The molecule has 0 radical (unpaired) electrons. The zero-order chi connectivity index (χ0) is 25.2. The van der Waals surface area contributed by atoms with Gasteiger partial charge in [0.05, 0.1) is 21.4 Å². The molecular weight excluding hydrogens is 484 g/mol. The summed E-state index contributed by atoms with van der Waals surface area (Å²) in [5, 5.41) is 11.1. The fourth-order valence-electron chi connectivity index (χ4n) is 2.78. The van der Waals surface area contributed by atoms with Gasteiger partial charge in [-0.15, -0.1) is 13.2 Å². The molecule has 15 heteroatoms. The molecule has 2 aromatic carbocycles. The summed E-state index contributed by atoms with van der Waals surface area (Å²) < 4.78 is 108. The van der Waals surface area contributed by atoms with Crippen molar-refractivity contribution in [2.75, 3.05) is 20.6 Å². The van der Waals surface area contributed by atoms with Crippen LogP contribution in [-0.2, 0) is 16.2 Å². The number of ether oxygens (including phenoxy) is 1. The number of hydrogen-bond donors (Lipinski definition) is 1. The average molecular weight is 501 g/mol. The minimum atomic E-state index is -5.26. The molecule has 0 aromatic heterocycles. The second kappa shape index (κ2) is 9.52. The molecule has 0 aliphatic rings. The van der Waals surface area contributed by atoms with Gasteiger partial charge in [0, 0.05) is 12.6 Å². The standard InChI is InChI=1S/C18H17F6N3O5S/c1-26(2)10-14(11-4-3-5-12(8-11)17(19,20)21)25-33(30,31)13-6-7-16(32-18(22,23)24)15(9-13)27(28)29/h3-9,14,25H,10H2,1-2H3. The van der Waals surface area contributed by atoms with Crippen molar-refractivity contribution in [2.24, 2.45) is 0 Å². The van der Waals surface area contributed by atoms with Crippen LogP contribution >= 0.6 is 0 Å². The van der Waals surface area contributed by atoms with Gasteiger partial charge in [-0.1, -0.05) is 12.1 Å². The third kappa shape index (κ3) is 7.30. The highest BCUT2D eigenvalue weighted by Crippen LogP contribution is 2.35. The second-order valence-electron chi connectivity index (χ2n) is 6.99. The first-order valence-corrected chi connectivity index (χ1v) is 10.4. The predicted molar refractivity (Wildman–Crippen MR) is 103 cm³/mol. The Morgan fingerprint density at radius 3 is 2.24 bits per heavy atom. The molecule has 0 saturated carbocycles. The van der Waals surface area contributed by atoms with Gasteiger partial charge in [0.2, 0.25) is 15.8 Å². The minimum absolute atomic E-state index is 0.0476. The number of benzene rings is 2. The van der Waals surface area contributed by atoms with Crippen LogP contribution in [0.1, 0.15) is 17.2 Å². The molecule has 1 N–H and O–H groups in total. The van der Waals surface area contributed by atoms with E-state index >= 15 is 0 Å². The lowest BCUT2D eigenvalue weighted by Gasteiger charge is -2.23. The van der Waals surface area contributed by atoms with E-state index in [2.05, 4.69) is 9.46 Å². The van der Waals surface area contributed by atoms with Crippen molar-refractivity contribution in [3.05, 3.63) is 63.7 Å². The van der Waals surface area contributed by atoms with Crippen LogP contribution in [0.3, 0.4) is 0 Å². The lowest BCUT2D eigenvalue weighted by molar-refractivity contribution is -0.388. The molecule has 1 unspecified atom stereocenters. The number of nitrogens with one attached hydrogen (secondary N) is 1. The first-order chi connectivity index (χ1) is 15.0. The third-order valence-electron chi connectivity index (χ3n) is 4.12. The Kier molecular flexibility index (Phi) is 7.60. The Labute approximate surface area is 184 Å². The number of hydrogen-bond acceptors (Lipinski definition) is 6. The first-order valence-electron chi connectivity index (χ1n) is 8.88. The number of alkyl halides is 6. The van der Waals surface area contributed by atoms with Crippen molar-refractivity contribution in [1.82, 2.24) is 9.62 Å². The summed E-state index contributed by atoms with van der Waals surface area (Å²) in [6.07, 6.45) is -9.95. The van der Waals surface area contributed by atoms with Crippen molar-refractivity contribution >= 4 is 15.7 Å². The van der Waals surface area contributed by atoms with Gasteiger partial charge in [-0.05, 0) is 43.9 Å². The van der Waals surface area contributed by atoms with Crippen LogP contribution in [0.5, 0.6) is 5.75 Å². The quantitative estimate of drug-likeness (QED) is 0.332. The number of rotatable bonds is 8. The SMILES string of the molecule is CN(C)CC(NS(=O)(=O)c1ccc(OC(F)(F)F)c([N+](=O)[O-])c1)c1cccc(C(F)(F)F)c1. The van der Waals surface area contributed by atoms with Gasteiger partial charge in [0.1, 0.15) is 0 Å². The van der Waals surface area contributed by atoms with Crippen LogP contribution < -0.4 is 9.46 Å². The van der Waals surface area contributed by atoms with Gasteiger partial charge in [0.25, 0.3) is 0 Å². The number of halogens is 6. The first kappa shape index (κ1) is 26.3. The van der Waals surface area contributed by atoms with E-state index in [-0.39, 0.29) is 12.1 Å². The molecule has 0 spiro atoms. The molecule has 2 aromatic rings. The van der Waals surface area contributed by atoms with Crippen molar-refractivity contribution in [3.63, 3.8) is 0 Å². The van der Waals surface area contributed by atoms with Crippen molar-refractivity contribution in [2.45, 2.75) is 23.5 Å². The molecule has 1 atom stereocenters. The predicted octanol–water partition coefficient (Wildman–Crippen LogP) is 4.09. The molecule has 0 amide bonds. The maximum absolute atomic E-state index is 13.1. The number of likely N-dealkylation sites (N-methyl/N-ethyl adjacent to an activating group) is 1. The topological polar surface area (TPSA) is 102 Å². The van der Waals surface area contributed by atoms with Gasteiger partial charge >= 0.3 is 18.2 Å². The summed E-state index contributed by atoms with van der Waals surface area (Å²) >= 11 is 0. The van der Waals surface area contributed by atoms with E-state index in [1.165, 1.54) is 25.1 Å². The Morgan fingerprint density at radius 2 is 1.73 bits per heavy atom. The zero-order valence-electron chi connectivity index (χ0n) is 16.9. The van der Waals surface area contributed by atoms with Crippen LogP contribution in [0.4, 0.5) is 32.0 Å². The van der Waals surface area contributed by atoms with E-state index in [0.29, 0.717) is 18.2 Å². The molecule has 0 saturated heterocycles. The Hall–Kier alpha value is -2.91. The summed E-state index contributed by atoms with van der Waals surface area (Å²) in [4.78, 5) is 10.6. The van der Waals surface area contributed by atoms with E-state index in [0.717, 1.165) is 18.2 Å². The fraction of sp³-hybridized carbons (Fsp3) is 0.333. The van der Waals surface area contributed by atoms with Gasteiger partial charge in [0.15, 0.2) is 0 Å². The minimum Gasteiger partial charge on any atom is -0.398 e. The van der Waals surface area contributed by atoms with E-state index in [4.69, 9.17) is 0 Å². The number of nitro benzene ring substituents is 1. The highest BCUT2D eigenvalue weighted by atomic mass is 32.2. The summed E-state index contributed by atoms with van der Waals surface area (Å²) in [5.74, 6) is -1.23. The Bertz CT molecular complexity index is 1120. The summed E-state index contributed by atoms with van der Waals surface area (Å²) in [5.41, 5.74) is -2.33. The maximum atomic E-state index is 13.1. The molecule has 33 heavy (non-hydrogen) atoms. The van der Waals surface area contributed by atoms with E-state index in [9.17, 15) is 44.9 Å². The zero-order valence-corrected chi connectivity index (χ0v) is 17.8. The normalized spacial score (nSPS) is 13.7. The highest BCUT2D eigenvalue weighted by molar-refractivity contribution is 7.89. The molecule has 0 fully saturated rings. The molecule has 8 nitrogen and oxygen atoms in total. The van der Waals surface area contributed by atoms with Gasteiger partial charge in [-0.25, -0.2) is 13.1 Å². The summed E-state index contributed by atoms with van der Waals surface area (Å²) in [6, 6.07) is 4.14. The lowest BCUT2D eigenvalue weighted by atomic mass is 10.0. The number of nitrogens with zero attached hydrogens (tertiary/aromatic N) is 2. The average Bonchev–Trinajstić information content (AvgIpc) is 2.65. The largest absolute Gasteiger partial charge is 0.573 e. The summed E-state index contributed by atoms with van der Waals surface area (Å²) in [7, 11) is -1.56. The van der Waals surface area contributed by atoms with E-state index < -0.39 is 55.4 Å². The molecule has 182 valence electrons. The Morgan fingerprint density at radius 1 is 1.09 bits per heavy atom. The third-order valence-corrected chi connectivity index (χ3v) is 5.59. The smallest absolute Gasteiger partial charge is 0.398 e. The van der Waals surface area contributed by atoms with Crippen LogP contribution in [0.15, 0.2) is 47.4 Å². The lowest BCUT2D eigenvalue weighted by Crippen LogP contribution is -2.35. The van der Waals surface area contributed by atoms with Crippen LogP contribution in [0.25, 0.3) is 0 Å². The van der Waals surface area contributed by atoms with Gasteiger partial charge < -0.3 is 9.64 Å². The van der Waals surface area contributed by atoms with Crippen molar-refractivity contribution in [3.8, 4) is 5.75 Å². The van der Waals surface area contributed by atoms with Crippen LogP contribution in [0, 0.1) is 10.1 Å². The molecule has 0 aliphatic heterocycles. The van der Waals surface area contributed by atoms with E-state index in [1.807, 2.05) is 0 Å². The van der Waals surface area contributed by atoms with Crippen molar-refractivity contribution < 1.29 is 44.4 Å². The maximum Gasteiger partial charge on any atom is 0.573 e. The van der Waals surface area contributed by atoms with Gasteiger partial charge in [-0.2, -0.15) is 13.2 Å².